The van der Waals surface area contributed by atoms with Crippen molar-refractivity contribution in [1.29, 1.82) is 0 Å². The number of carbonyl (C=O) groups is 1. The van der Waals surface area contributed by atoms with Gasteiger partial charge in [0.15, 0.2) is 0 Å². The molecular weight excluding hydrogens is 256 g/mol. The number of aliphatic carboxylic acids is 1. The monoisotopic (exact) mass is 284 g/mol. The van der Waals surface area contributed by atoms with E-state index in [2.05, 4.69) is 24.2 Å². The molecule has 5 heteroatoms. The number of rotatable bonds is 6. The van der Waals surface area contributed by atoms with Crippen molar-refractivity contribution in [2.45, 2.75) is 56.7 Å². The van der Waals surface area contributed by atoms with E-state index in [1.165, 1.54) is 0 Å². The lowest BCUT2D eigenvalue weighted by atomic mass is 9.84. The van der Waals surface area contributed by atoms with Crippen LogP contribution in [-0.2, 0) is 9.53 Å². The van der Waals surface area contributed by atoms with Gasteiger partial charge in [0, 0.05) is 12.6 Å². The molecule has 1 saturated carbocycles. The van der Waals surface area contributed by atoms with Crippen molar-refractivity contribution in [3.05, 3.63) is 0 Å². The molecule has 0 amide bonds. The highest BCUT2D eigenvalue weighted by molar-refractivity contribution is 5.79. The average Bonchev–Trinajstić information content (AvgIpc) is 3.02. The van der Waals surface area contributed by atoms with Gasteiger partial charge in [-0.3, -0.25) is 4.79 Å². The van der Waals surface area contributed by atoms with Crippen LogP contribution in [0.4, 0.5) is 0 Å². The van der Waals surface area contributed by atoms with E-state index in [0.717, 1.165) is 45.3 Å². The zero-order valence-corrected chi connectivity index (χ0v) is 12.9. The standard InChI is InChI=1S/C15H28N2O3/c1-11-13(7-10-20-11)17(3)9-6-12-5-4-8-15(12,16-2)14(18)19/h11-13,16H,4-10H2,1-3H3,(H,18,19). The van der Waals surface area contributed by atoms with Gasteiger partial charge in [-0.2, -0.15) is 0 Å². The Morgan fingerprint density at radius 2 is 2.25 bits per heavy atom. The van der Waals surface area contributed by atoms with E-state index in [1.54, 1.807) is 7.05 Å². The molecule has 0 aromatic rings. The highest BCUT2D eigenvalue weighted by Crippen LogP contribution is 2.38. The summed E-state index contributed by atoms with van der Waals surface area (Å²) in [5.74, 6) is -0.465. The topological polar surface area (TPSA) is 61.8 Å². The molecule has 1 heterocycles. The van der Waals surface area contributed by atoms with E-state index in [1.807, 2.05) is 0 Å². The molecule has 2 rings (SSSR count). The number of hydrogen-bond acceptors (Lipinski definition) is 4. The summed E-state index contributed by atoms with van der Waals surface area (Å²) in [7, 11) is 3.91. The van der Waals surface area contributed by atoms with Gasteiger partial charge in [-0.15, -0.1) is 0 Å². The minimum atomic E-state index is -0.710. The molecule has 1 saturated heterocycles. The van der Waals surface area contributed by atoms with Crippen LogP contribution in [0.2, 0.25) is 0 Å². The number of nitrogens with zero attached hydrogens (tertiary/aromatic N) is 1. The van der Waals surface area contributed by atoms with E-state index < -0.39 is 11.5 Å². The van der Waals surface area contributed by atoms with Crippen molar-refractivity contribution >= 4 is 5.97 Å². The lowest BCUT2D eigenvalue weighted by Crippen LogP contribution is -2.53. The number of carboxylic acids is 1. The maximum atomic E-state index is 11.6. The van der Waals surface area contributed by atoms with E-state index in [-0.39, 0.29) is 12.0 Å². The van der Waals surface area contributed by atoms with Crippen molar-refractivity contribution in [3.8, 4) is 0 Å². The first-order valence-electron chi connectivity index (χ1n) is 7.75. The van der Waals surface area contributed by atoms with Gasteiger partial charge in [0.25, 0.3) is 0 Å². The van der Waals surface area contributed by atoms with Crippen LogP contribution in [0.3, 0.4) is 0 Å². The lowest BCUT2D eigenvalue weighted by Gasteiger charge is -2.33. The fourth-order valence-corrected chi connectivity index (χ4v) is 4.01. The number of carboxylic acid groups (broad SMARTS) is 1. The first-order valence-corrected chi connectivity index (χ1v) is 7.75. The van der Waals surface area contributed by atoms with Crippen molar-refractivity contribution in [2.75, 3.05) is 27.2 Å². The third-order valence-corrected chi connectivity index (χ3v) is 5.38. The van der Waals surface area contributed by atoms with Gasteiger partial charge in [-0.05, 0) is 59.2 Å². The second-order valence-electron chi connectivity index (χ2n) is 6.32. The van der Waals surface area contributed by atoms with Crippen LogP contribution >= 0.6 is 0 Å². The Bertz CT molecular complexity index is 350. The third kappa shape index (κ3) is 2.85. The fraction of sp³-hybridized carbons (Fsp3) is 0.933. The summed E-state index contributed by atoms with van der Waals surface area (Å²) in [4.78, 5) is 14.0. The van der Waals surface area contributed by atoms with E-state index in [9.17, 15) is 9.90 Å². The molecule has 1 aliphatic carbocycles. The quantitative estimate of drug-likeness (QED) is 0.770. The van der Waals surface area contributed by atoms with Crippen LogP contribution in [0.1, 0.15) is 39.0 Å². The second kappa shape index (κ2) is 6.41. The smallest absolute Gasteiger partial charge is 0.324 e. The molecular formula is C15H28N2O3. The highest BCUT2D eigenvalue weighted by atomic mass is 16.5. The Morgan fingerprint density at radius 1 is 1.50 bits per heavy atom. The molecule has 4 atom stereocenters. The van der Waals surface area contributed by atoms with Crippen LogP contribution in [0, 0.1) is 5.92 Å². The van der Waals surface area contributed by atoms with Gasteiger partial charge in [0.1, 0.15) is 5.54 Å². The first-order chi connectivity index (χ1) is 9.51. The Morgan fingerprint density at radius 3 is 2.80 bits per heavy atom. The molecule has 116 valence electrons. The van der Waals surface area contributed by atoms with E-state index in [4.69, 9.17) is 4.74 Å². The van der Waals surface area contributed by atoms with Crippen LogP contribution < -0.4 is 5.32 Å². The SMILES string of the molecule is CNC1(C(=O)O)CCCC1CCN(C)C1CCOC1C. The summed E-state index contributed by atoms with van der Waals surface area (Å²) >= 11 is 0. The average molecular weight is 284 g/mol. The zero-order valence-electron chi connectivity index (χ0n) is 12.9. The minimum Gasteiger partial charge on any atom is -0.480 e. The van der Waals surface area contributed by atoms with E-state index >= 15 is 0 Å². The second-order valence-corrected chi connectivity index (χ2v) is 6.32. The van der Waals surface area contributed by atoms with Crippen LogP contribution in [-0.4, -0.2) is 60.9 Å². The minimum absolute atomic E-state index is 0.227. The highest BCUT2D eigenvalue weighted by Gasteiger charge is 2.47. The Hall–Kier alpha value is -0.650. The van der Waals surface area contributed by atoms with Gasteiger partial charge in [0.05, 0.1) is 6.10 Å². The fourth-order valence-electron chi connectivity index (χ4n) is 4.01. The summed E-state index contributed by atoms with van der Waals surface area (Å²) in [6.45, 7) is 3.91. The van der Waals surface area contributed by atoms with Crippen LogP contribution in [0.5, 0.6) is 0 Å². The summed E-state index contributed by atoms with van der Waals surface area (Å²) in [6.07, 6.45) is 5.07. The number of ether oxygens (including phenoxy) is 1. The molecule has 0 spiro atoms. The third-order valence-electron chi connectivity index (χ3n) is 5.38. The van der Waals surface area contributed by atoms with Crippen molar-refractivity contribution in [2.24, 2.45) is 5.92 Å². The van der Waals surface area contributed by atoms with Gasteiger partial charge < -0.3 is 20.1 Å². The summed E-state index contributed by atoms with van der Waals surface area (Å²) in [5.41, 5.74) is -0.710. The molecule has 2 aliphatic rings. The predicted octanol–water partition coefficient (Wildman–Crippen LogP) is 1.33. The molecule has 5 nitrogen and oxygen atoms in total. The Labute approximate surface area is 121 Å². The normalized spacial score (nSPS) is 37.7. The lowest BCUT2D eigenvalue weighted by molar-refractivity contribution is -0.146. The van der Waals surface area contributed by atoms with Gasteiger partial charge >= 0.3 is 5.97 Å². The van der Waals surface area contributed by atoms with Crippen molar-refractivity contribution in [1.82, 2.24) is 10.2 Å². The summed E-state index contributed by atoms with van der Waals surface area (Å²) < 4.78 is 5.61. The molecule has 2 N–H and O–H groups in total. The molecule has 0 aromatic heterocycles. The molecule has 0 aromatic carbocycles. The molecule has 0 bridgehead atoms. The van der Waals surface area contributed by atoms with Crippen LogP contribution in [0.25, 0.3) is 0 Å². The number of likely N-dealkylation sites (N-methyl/N-ethyl adjacent to an activating group) is 2. The van der Waals surface area contributed by atoms with E-state index in [0.29, 0.717) is 6.04 Å². The van der Waals surface area contributed by atoms with Crippen LogP contribution in [0.15, 0.2) is 0 Å². The maximum Gasteiger partial charge on any atom is 0.324 e. The zero-order chi connectivity index (χ0) is 14.8. The number of hydrogen-bond donors (Lipinski definition) is 2. The maximum absolute atomic E-state index is 11.6. The molecule has 4 unspecified atom stereocenters. The van der Waals surface area contributed by atoms with Crippen molar-refractivity contribution < 1.29 is 14.6 Å². The van der Waals surface area contributed by atoms with Gasteiger partial charge in [-0.25, -0.2) is 0 Å². The molecule has 20 heavy (non-hydrogen) atoms. The van der Waals surface area contributed by atoms with Gasteiger partial charge in [0.2, 0.25) is 0 Å². The van der Waals surface area contributed by atoms with Crippen molar-refractivity contribution in [3.63, 3.8) is 0 Å². The molecule has 1 aliphatic heterocycles. The number of nitrogens with one attached hydrogen (secondary N) is 1. The largest absolute Gasteiger partial charge is 0.480 e. The predicted molar refractivity (Wildman–Crippen MR) is 77.8 cm³/mol. The Balaban J connectivity index is 1.91. The molecule has 0 radical (unpaired) electrons. The first kappa shape index (κ1) is 15.7. The Kier molecular flexibility index (Phi) is 5.04. The van der Waals surface area contributed by atoms with Gasteiger partial charge in [-0.1, -0.05) is 6.42 Å². The summed E-state index contributed by atoms with van der Waals surface area (Å²) in [5, 5.41) is 12.6. The molecule has 2 fully saturated rings. The summed E-state index contributed by atoms with van der Waals surface area (Å²) in [6, 6.07) is 0.477.